The number of benzene rings is 1. The number of ether oxygens (including phenoxy) is 2. The van der Waals surface area contributed by atoms with Crippen LogP contribution in [0, 0.1) is 0 Å². The molecule has 1 saturated heterocycles. The second-order valence-electron chi connectivity index (χ2n) is 4.82. The summed E-state index contributed by atoms with van der Waals surface area (Å²) in [5.74, 6) is 0.448. The van der Waals surface area contributed by atoms with E-state index in [2.05, 4.69) is 22.0 Å². The summed E-state index contributed by atoms with van der Waals surface area (Å²) < 4.78 is 34.5. The Hall–Kier alpha value is -1.40. The second kappa shape index (κ2) is 6.85. The van der Waals surface area contributed by atoms with Crippen LogP contribution in [0.3, 0.4) is 0 Å². The summed E-state index contributed by atoms with van der Waals surface area (Å²) in [7, 11) is 2.05. The van der Waals surface area contributed by atoms with Gasteiger partial charge in [-0.05, 0) is 31.7 Å². The lowest BCUT2D eigenvalue weighted by Gasteiger charge is -2.35. The molecular weight excluding hydrogens is 266 g/mol. The van der Waals surface area contributed by atoms with Gasteiger partial charge in [-0.25, -0.2) is 0 Å². The molecule has 2 rings (SSSR count). The third kappa shape index (κ3) is 3.80. The van der Waals surface area contributed by atoms with E-state index in [0.29, 0.717) is 18.4 Å². The molecule has 1 aliphatic rings. The molecule has 0 bridgehead atoms. The Labute approximate surface area is 117 Å². The molecule has 0 aliphatic carbocycles. The number of hydrogen-bond donors (Lipinski definition) is 1. The summed E-state index contributed by atoms with van der Waals surface area (Å²) in [5, 5.41) is 3.22. The molecule has 0 unspecified atom stereocenters. The van der Waals surface area contributed by atoms with Crippen LogP contribution in [-0.4, -0.2) is 44.3 Å². The van der Waals surface area contributed by atoms with Crippen LogP contribution in [0.5, 0.6) is 11.5 Å². The van der Waals surface area contributed by atoms with Gasteiger partial charge in [0.15, 0.2) is 11.5 Å². The fraction of sp³-hybridized carbons (Fsp3) is 0.571. The number of nitrogens with zero attached hydrogens (tertiary/aromatic N) is 1. The number of likely N-dealkylation sites (N-methyl/N-ethyl adjacent to an activating group) is 1. The van der Waals surface area contributed by atoms with Gasteiger partial charge in [-0.1, -0.05) is 6.07 Å². The van der Waals surface area contributed by atoms with Crippen LogP contribution in [-0.2, 0) is 6.54 Å². The Balaban J connectivity index is 2.07. The standard InChI is InChI=1S/C14H20F2N2O2/c1-3-19-13-6-10(4-5-12(13)20-14(15)16)9-18(2)11-7-17-8-11/h4-6,11,14,17H,3,7-9H2,1-2H3. The van der Waals surface area contributed by atoms with Crippen molar-refractivity contribution in [2.24, 2.45) is 0 Å². The Kier molecular flexibility index (Phi) is 5.14. The molecule has 0 atom stereocenters. The van der Waals surface area contributed by atoms with Crippen molar-refractivity contribution in [3.63, 3.8) is 0 Å². The van der Waals surface area contributed by atoms with Crippen LogP contribution in [0.25, 0.3) is 0 Å². The summed E-state index contributed by atoms with van der Waals surface area (Å²) in [6.07, 6.45) is 0. The van der Waals surface area contributed by atoms with Gasteiger partial charge in [0.1, 0.15) is 0 Å². The molecule has 6 heteroatoms. The maximum Gasteiger partial charge on any atom is 0.387 e. The highest BCUT2D eigenvalue weighted by Crippen LogP contribution is 2.30. The fourth-order valence-corrected chi connectivity index (χ4v) is 2.11. The van der Waals surface area contributed by atoms with Crippen molar-refractivity contribution in [2.45, 2.75) is 26.1 Å². The van der Waals surface area contributed by atoms with Crippen LogP contribution < -0.4 is 14.8 Å². The number of halogens is 2. The highest BCUT2D eigenvalue weighted by atomic mass is 19.3. The lowest BCUT2D eigenvalue weighted by molar-refractivity contribution is -0.0514. The summed E-state index contributed by atoms with van der Waals surface area (Å²) in [4.78, 5) is 2.23. The lowest BCUT2D eigenvalue weighted by atomic mass is 10.1. The molecule has 1 heterocycles. The van der Waals surface area contributed by atoms with E-state index in [1.807, 2.05) is 6.92 Å². The zero-order valence-electron chi connectivity index (χ0n) is 11.7. The molecular formula is C14H20F2N2O2. The van der Waals surface area contributed by atoms with Gasteiger partial charge in [0.05, 0.1) is 6.61 Å². The van der Waals surface area contributed by atoms with Gasteiger partial charge in [0, 0.05) is 25.7 Å². The minimum Gasteiger partial charge on any atom is -0.490 e. The zero-order valence-corrected chi connectivity index (χ0v) is 11.7. The van der Waals surface area contributed by atoms with Gasteiger partial charge < -0.3 is 14.8 Å². The molecule has 20 heavy (non-hydrogen) atoms. The Bertz CT molecular complexity index is 439. The van der Waals surface area contributed by atoms with E-state index in [4.69, 9.17) is 4.74 Å². The smallest absolute Gasteiger partial charge is 0.387 e. The van der Waals surface area contributed by atoms with E-state index in [-0.39, 0.29) is 5.75 Å². The van der Waals surface area contributed by atoms with Crippen LogP contribution in [0.2, 0.25) is 0 Å². The molecule has 0 spiro atoms. The van der Waals surface area contributed by atoms with Gasteiger partial charge in [-0.15, -0.1) is 0 Å². The SMILES string of the molecule is CCOc1cc(CN(C)C2CNC2)ccc1OC(F)F. The first-order valence-electron chi connectivity index (χ1n) is 6.71. The molecule has 0 amide bonds. The van der Waals surface area contributed by atoms with Gasteiger partial charge >= 0.3 is 6.61 Å². The first-order chi connectivity index (χ1) is 9.60. The molecule has 1 aromatic carbocycles. The van der Waals surface area contributed by atoms with Gasteiger partial charge in [-0.2, -0.15) is 8.78 Å². The van der Waals surface area contributed by atoms with Gasteiger partial charge in [0.25, 0.3) is 0 Å². The van der Waals surface area contributed by atoms with Crippen molar-refractivity contribution in [1.82, 2.24) is 10.2 Å². The molecule has 0 saturated carbocycles. The molecule has 4 nitrogen and oxygen atoms in total. The topological polar surface area (TPSA) is 33.7 Å². The highest BCUT2D eigenvalue weighted by Gasteiger charge is 2.21. The Morgan fingerprint density at radius 3 is 2.65 bits per heavy atom. The van der Waals surface area contributed by atoms with E-state index < -0.39 is 6.61 Å². The predicted octanol–water partition coefficient (Wildman–Crippen LogP) is 2.09. The van der Waals surface area contributed by atoms with E-state index >= 15 is 0 Å². The van der Waals surface area contributed by atoms with Crippen molar-refractivity contribution in [3.05, 3.63) is 23.8 Å². The first kappa shape index (κ1) is 15.0. The molecule has 1 aromatic rings. The van der Waals surface area contributed by atoms with E-state index in [0.717, 1.165) is 25.2 Å². The summed E-state index contributed by atoms with van der Waals surface area (Å²) in [6.45, 7) is 2.10. The molecule has 1 fully saturated rings. The lowest BCUT2D eigenvalue weighted by Crippen LogP contribution is -2.55. The van der Waals surface area contributed by atoms with Crippen molar-refractivity contribution in [3.8, 4) is 11.5 Å². The highest BCUT2D eigenvalue weighted by molar-refractivity contribution is 5.43. The first-order valence-corrected chi connectivity index (χ1v) is 6.71. The normalized spacial score (nSPS) is 15.5. The molecule has 1 N–H and O–H groups in total. The van der Waals surface area contributed by atoms with E-state index in [1.54, 1.807) is 18.2 Å². The Morgan fingerprint density at radius 1 is 1.35 bits per heavy atom. The van der Waals surface area contributed by atoms with Crippen LogP contribution in [0.4, 0.5) is 8.78 Å². The van der Waals surface area contributed by atoms with Crippen molar-refractivity contribution in [1.29, 1.82) is 0 Å². The number of alkyl halides is 2. The van der Waals surface area contributed by atoms with E-state index in [1.165, 1.54) is 0 Å². The van der Waals surface area contributed by atoms with Crippen LogP contribution in [0.1, 0.15) is 12.5 Å². The van der Waals surface area contributed by atoms with Crippen molar-refractivity contribution >= 4 is 0 Å². The Morgan fingerprint density at radius 2 is 2.10 bits per heavy atom. The number of hydrogen-bond acceptors (Lipinski definition) is 4. The minimum absolute atomic E-state index is 0.0820. The summed E-state index contributed by atoms with van der Waals surface area (Å²) in [5.41, 5.74) is 1.02. The monoisotopic (exact) mass is 286 g/mol. The van der Waals surface area contributed by atoms with Crippen LogP contribution in [0.15, 0.2) is 18.2 Å². The third-order valence-electron chi connectivity index (χ3n) is 3.34. The maximum absolute atomic E-state index is 12.3. The van der Waals surface area contributed by atoms with Crippen molar-refractivity contribution < 1.29 is 18.3 Å². The second-order valence-corrected chi connectivity index (χ2v) is 4.82. The zero-order chi connectivity index (χ0) is 14.5. The number of rotatable bonds is 7. The predicted molar refractivity (Wildman–Crippen MR) is 72.4 cm³/mol. The van der Waals surface area contributed by atoms with Gasteiger partial charge in [-0.3, -0.25) is 4.90 Å². The number of nitrogens with one attached hydrogen (secondary N) is 1. The largest absolute Gasteiger partial charge is 0.490 e. The molecule has 0 aromatic heterocycles. The minimum atomic E-state index is -2.84. The summed E-state index contributed by atoms with van der Waals surface area (Å²) >= 11 is 0. The van der Waals surface area contributed by atoms with Crippen molar-refractivity contribution in [2.75, 3.05) is 26.7 Å². The average molecular weight is 286 g/mol. The summed E-state index contributed by atoms with van der Waals surface area (Å²) in [6, 6.07) is 5.63. The maximum atomic E-state index is 12.3. The quantitative estimate of drug-likeness (QED) is 0.832. The van der Waals surface area contributed by atoms with Gasteiger partial charge in [0.2, 0.25) is 0 Å². The third-order valence-corrected chi connectivity index (χ3v) is 3.34. The molecule has 0 radical (unpaired) electrons. The fourth-order valence-electron chi connectivity index (χ4n) is 2.11. The molecule has 1 aliphatic heterocycles. The van der Waals surface area contributed by atoms with Crippen LogP contribution >= 0.6 is 0 Å². The average Bonchev–Trinajstić information content (AvgIpc) is 2.30. The molecule has 112 valence electrons. The van der Waals surface area contributed by atoms with E-state index in [9.17, 15) is 8.78 Å².